The van der Waals surface area contributed by atoms with E-state index in [-0.39, 0.29) is 5.12 Å². The van der Waals surface area contributed by atoms with Gasteiger partial charge in [0.1, 0.15) is 0 Å². The SMILES string of the molecule is CC(=O)SCCCCCCCBr. The first-order chi connectivity index (χ1) is 5.77. The number of carbonyl (C=O) groups is 1. The molecule has 0 aliphatic carbocycles. The quantitative estimate of drug-likeness (QED) is 0.509. The van der Waals surface area contributed by atoms with Crippen molar-refractivity contribution in [1.29, 1.82) is 0 Å². The molecular formula is C9H17BrOS. The Morgan fingerprint density at radius 3 is 2.33 bits per heavy atom. The minimum Gasteiger partial charge on any atom is -0.288 e. The molecule has 0 saturated heterocycles. The fourth-order valence-electron chi connectivity index (χ4n) is 0.943. The van der Waals surface area contributed by atoms with E-state index in [1.807, 2.05) is 0 Å². The lowest BCUT2D eigenvalue weighted by molar-refractivity contribution is -0.109. The lowest BCUT2D eigenvalue weighted by Gasteiger charge is -1.98. The summed E-state index contributed by atoms with van der Waals surface area (Å²) in [5, 5.41) is 1.37. The molecule has 0 bridgehead atoms. The summed E-state index contributed by atoms with van der Waals surface area (Å²) in [5.41, 5.74) is 0. The van der Waals surface area contributed by atoms with E-state index in [1.165, 1.54) is 43.9 Å². The van der Waals surface area contributed by atoms with E-state index in [0.717, 1.165) is 11.1 Å². The summed E-state index contributed by atoms with van der Waals surface area (Å²) in [6.07, 6.45) is 6.36. The standard InChI is InChI=1S/C9H17BrOS/c1-9(11)12-8-6-4-2-3-5-7-10/h2-8H2,1H3. The van der Waals surface area contributed by atoms with Crippen molar-refractivity contribution in [3.63, 3.8) is 0 Å². The molecule has 0 aromatic carbocycles. The van der Waals surface area contributed by atoms with E-state index >= 15 is 0 Å². The predicted molar refractivity (Wildman–Crippen MR) is 60.0 cm³/mol. The van der Waals surface area contributed by atoms with Gasteiger partial charge in [-0.2, -0.15) is 0 Å². The molecular weight excluding hydrogens is 236 g/mol. The molecule has 0 rings (SSSR count). The molecule has 0 aliphatic heterocycles. The van der Waals surface area contributed by atoms with Crippen molar-refractivity contribution in [2.24, 2.45) is 0 Å². The number of carbonyl (C=O) groups excluding carboxylic acids is 1. The zero-order chi connectivity index (χ0) is 9.23. The Hall–Kier alpha value is 0.500. The van der Waals surface area contributed by atoms with Crippen molar-refractivity contribution >= 4 is 32.8 Å². The van der Waals surface area contributed by atoms with E-state index in [1.54, 1.807) is 6.92 Å². The molecule has 3 heteroatoms. The maximum atomic E-state index is 10.5. The van der Waals surface area contributed by atoms with Crippen LogP contribution in [-0.4, -0.2) is 16.2 Å². The molecule has 1 nitrogen and oxygen atoms in total. The third-order valence-electron chi connectivity index (χ3n) is 1.58. The lowest BCUT2D eigenvalue weighted by atomic mass is 10.2. The van der Waals surface area contributed by atoms with Crippen LogP contribution in [0.4, 0.5) is 0 Å². The number of rotatable bonds is 7. The highest BCUT2D eigenvalue weighted by Gasteiger charge is 1.93. The molecule has 0 radical (unpaired) electrons. The summed E-state index contributed by atoms with van der Waals surface area (Å²) >= 11 is 4.85. The highest BCUT2D eigenvalue weighted by Crippen LogP contribution is 2.09. The molecule has 0 amide bonds. The van der Waals surface area contributed by atoms with Crippen LogP contribution in [0.3, 0.4) is 0 Å². The number of hydrogen-bond acceptors (Lipinski definition) is 2. The van der Waals surface area contributed by atoms with Crippen molar-refractivity contribution in [1.82, 2.24) is 0 Å². The van der Waals surface area contributed by atoms with E-state index in [2.05, 4.69) is 15.9 Å². The van der Waals surface area contributed by atoms with Crippen LogP contribution in [-0.2, 0) is 4.79 Å². The average Bonchev–Trinajstić information content (AvgIpc) is 2.02. The van der Waals surface area contributed by atoms with Crippen molar-refractivity contribution in [2.45, 2.75) is 39.0 Å². The highest BCUT2D eigenvalue weighted by molar-refractivity contribution is 9.09. The zero-order valence-electron chi connectivity index (χ0n) is 7.64. The lowest BCUT2D eigenvalue weighted by Crippen LogP contribution is -1.87. The van der Waals surface area contributed by atoms with E-state index in [0.29, 0.717) is 0 Å². The Balaban J connectivity index is 2.86. The van der Waals surface area contributed by atoms with Gasteiger partial charge >= 0.3 is 0 Å². The van der Waals surface area contributed by atoms with Crippen LogP contribution in [0.5, 0.6) is 0 Å². The maximum absolute atomic E-state index is 10.5. The number of thioether (sulfide) groups is 1. The van der Waals surface area contributed by atoms with Gasteiger partial charge in [0.2, 0.25) is 0 Å². The molecule has 0 unspecified atom stereocenters. The summed E-state index contributed by atoms with van der Waals surface area (Å²) < 4.78 is 0. The molecule has 0 saturated carbocycles. The van der Waals surface area contributed by atoms with Gasteiger partial charge in [0, 0.05) is 18.0 Å². The fraction of sp³-hybridized carbons (Fsp3) is 0.889. The summed E-state index contributed by atoms with van der Waals surface area (Å²) in [6, 6.07) is 0. The van der Waals surface area contributed by atoms with Crippen LogP contribution in [0.15, 0.2) is 0 Å². The third kappa shape index (κ3) is 10.5. The number of alkyl halides is 1. The number of hydrogen-bond donors (Lipinski definition) is 0. The molecule has 72 valence electrons. The monoisotopic (exact) mass is 252 g/mol. The topological polar surface area (TPSA) is 17.1 Å². The van der Waals surface area contributed by atoms with Crippen molar-refractivity contribution < 1.29 is 4.79 Å². The second kappa shape index (κ2) is 9.59. The fourth-order valence-corrected chi connectivity index (χ4v) is 1.98. The normalized spacial score (nSPS) is 10.2. The Kier molecular flexibility index (Phi) is 9.99. The molecule has 0 fully saturated rings. The molecule has 0 atom stereocenters. The highest BCUT2D eigenvalue weighted by atomic mass is 79.9. The molecule has 0 aliphatic rings. The van der Waals surface area contributed by atoms with Crippen LogP contribution in [0, 0.1) is 0 Å². The second-order valence-electron chi connectivity index (χ2n) is 2.80. The van der Waals surface area contributed by atoms with Gasteiger partial charge in [-0.1, -0.05) is 47.0 Å². The molecule has 0 spiro atoms. The largest absolute Gasteiger partial charge is 0.288 e. The third-order valence-corrected chi connectivity index (χ3v) is 3.04. The van der Waals surface area contributed by atoms with Crippen molar-refractivity contribution in [3.05, 3.63) is 0 Å². The van der Waals surface area contributed by atoms with Gasteiger partial charge in [-0.05, 0) is 12.8 Å². The Bertz CT molecular complexity index is 117. The molecule has 0 aromatic rings. The van der Waals surface area contributed by atoms with E-state index in [9.17, 15) is 4.79 Å². The van der Waals surface area contributed by atoms with Gasteiger partial charge in [-0.25, -0.2) is 0 Å². The average molecular weight is 253 g/mol. The first-order valence-corrected chi connectivity index (χ1v) is 6.57. The van der Waals surface area contributed by atoms with Gasteiger partial charge < -0.3 is 0 Å². The second-order valence-corrected chi connectivity index (χ2v) is 4.86. The molecule has 12 heavy (non-hydrogen) atoms. The van der Waals surface area contributed by atoms with Gasteiger partial charge in [0.25, 0.3) is 0 Å². The molecule has 0 N–H and O–H groups in total. The van der Waals surface area contributed by atoms with Crippen LogP contribution in [0.1, 0.15) is 39.0 Å². The minimum atomic E-state index is 0.246. The number of unbranched alkanes of at least 4 members (excludes halogenated alkanes) is 4. The van der Waals surface area contributed by atoms with Gasteiger partial charge in [-0.3, -0.25) is 4.79 Å². The summed E-state index contributed by atoms with van der Waals surface area (Å²) in [7, 11) is 0. The van der Waals surface area contributed by atoms with Gasteiger partial charge in [0.15, 0.2) is 5.12 Å². The van der Waals surface area contributed by atoms with Gasteiger partial charge in [-0.15, -0.1) is 0 Å². The Labute approximate surface area is 87.8 Å². The molecule has 0 heterocycles. The van der Waals surface area contributed by atoms with Crippen LogP contribution in [0.25, 0.3) is 0 Å². The summed E-state index contributed by atoms with van der Waals surface area (Å²) in [5.74, 6) is 1.00. The first kappa shape index (κ1) is 12.5. The smallest absolute Gasteiger partial charge is 0.185 e. The van der Waals surface area contributed by atoms with Crippen molar-refractivity contribution in [2.75, 3.05) is 11.1 Å². The predicted octanol–water partition coefficient (Wildman–Crippen LogP) is 3.61. The zero-order valence-corrected chi connectivity index (χ0v) is 10.0. The van der Waals surface area contributed by atoms with Crippen LogP contribution >= 0.6 is 27.7 Å². The number of halogens is 1. The van der Waals surface area contributed by atoms with Crippen LogP contribution in [0.2, 0.25) is 0 Å². The van der Waals surface area contributed by atoms with E-state index < -0.39 is 0 Å². The minimum absolute atomic E-state index is 0.246. The Morgan fingerprint density at radius 2 is 1.75 bits per heavy atom. The first-order valence-electron chi connectivity index (χ1n) is 4.46. The Morgan fingerprint density at radius 1 is 1.17 bits per heavy atom. The maximum Gasteiger partial charge on any atom is 0.185 e. The van der Waals surface area contributed by atoms with E-state index in [4.69, 9.17) is 0 Å². The van der Waals surface area contributed by atoms with Crippen molar-refractivity contribution in [3.8, 4) is 0 Å². The molecule has 0 aromatic heterocycles. The van der Waals surface area contributed by atoms with Gasteiger partial charge in [0.05, 0.1) is 0 Å². The summed E-state index contributed by atoms with van der Waals surface area (Å²) in [4.78, 5) is 10.5. The van der Waals surface area contributed by atoms with Crippen LogP contribution < -0.4 is 0 Å². The summed E-state index contributed by atoms with van der Waals surface area (Å²) in [6.45, 7) is 1.63.